The summed E-state index contributed by atoms with van der Waals surface area (Å²) in [6.45, 7) is -0.00684. The van der Waals surface area contributed by atoms with E-state index in [0.29, 0.717) is 17.2 Å². The number of rotatable bonds is 7. The highest BCUT2D eigenvalue weighted by molar-refractivity contribution is 5.91. The van der Waals surface area contributed by atoms with E-state index in [4.69, 9.17) is 9.47 Å². The molecule has 5 rings (SSSR count). The van der Waals surface area contributed by atoms with Gasteiger partial charge in [0.15, 0.2) is 17.4 Å². The van der Waals surface area contributed by atoms with E-state index in [-0.39, 0.29) is 18.3 Å². The molecule has 0 saturated carbocycles. The van der Waals surface area contributed by atoms with Gasteiger partial charge in [0.1, 0.15) is 18.6 Å². The Hall–Kier alpha value is -4.57. The lowest BCUT2D eigenvalue weighted by Gasteiger charge is -2.10. The van der Waals surface area contributed by atoms with Crippen LogP contribution in [0.4, 0.5) is 10.1 Å². The van der Waals surface area contributed by atoms with Crippen molar-refractivity contribution < 1.29 is 18.7 Å². The van der Waals surface area contributed by atoms with Crippen LogP contribution in [0.2, 0.25) is 0 Å². The van der Waals surface area contributed by atoms with Crippen LogP contribution in [0.25, 0.3) is 34.0 Å². The molecule has 0 aliphatic heterocycles. The van der Waals surface area contributed by atoms with Crippen molar-refractivity contribution in [2.45, 2.75) is 0 Å². The minimum absolute atomic E-state index is 0.00684. The summed E-state index contributed by atoms with van der Waals surface area (Å²) in [6, 6.07) is 15.8. The van der Waals surface area contributed by atoms with Crippen molar-refractivity contribution in [2.75, 3.05) is 26.1 Å². The summed E-state index contributed by atoms with van der Waals surface area (Å²) in [7, 11) is 2.89. The number of pyridine rings is 1. The summed E-state index contributed by atoms with van der Waals surface area (Å²) in [5, 5.41) is 7.10. The van der Waals surface area contributed by atoms with E-state index >= 15 is 0 Å². The van der Waals surface area contributed by atoms with Crippen molar-refractivity contribution in [3.63, 3.8) is 0 Å². The maximum Gasteiger partial charge on any atom is 0.250 e. The maximum atomic E-state index is 13.9. The predicted molar refractivity (Wildman–Crippen MR) is 128 cm³/mol. The number of halogens is 1. The molecule has 0 aliphatic carbocycles. The third-order valence-corrected chi connectivity index (χ3v) is 5.43. The van der Waals surface area contributed by atoms with Crippen LogP contribution >= 0.6 is 0 Å². The van der Waals surface area contributed by atoms with Crippen LogP contribution in [0.5, 0.6) is 5.75 Å². The van der Waals surface area contributed by atoms with Crippen molar-refractivity contribution in [1.82, 2.24) is 24.1 Å². The largest absolute Gasteiger partial charge is 0.494 e. The molecule has 35 heavy (non-hydrogen) atoms. The summed E-state index contributed by atoms with van der Waals surface area (Å²) in [5.74, 6) is 0.0313. The number of methoxy groups -OCH3 is 2. The Balaban J connectivity index is 1.50. The van der Waals surface area contributed by atoms with Crippen LogP contribution in [0, 0.1) is 5.82 Å². The van der Waals surface area contributed by atoms with E-state index in [1.54, 1.807) is 23.0 Å². The predicted octanol–water partition coefficient (Wildman–Crippen LogP) is 3.98. The number of carbonyl (C=O) groups excluding carboxylic acids is 1. The molecule has 1 amide bonds. The number of nitrogens with one attached hydrogen (secondary N) is 1. The minimum Gasteiger partial charge on any atom is -0.494 e. The lowest BCUT2D eigenvalue weighted by atomic mass is 10.1. The SMILES string of the molecule is COCC(=O)Nc1ccc(-c2cnc3ccc(-c4ncnn4-c4ccc(F)c(OC)c4)cn23)cc1. The van der Waals surface area contributed by atoms with Gasteiger partial charge in [0.2, 0.25) is 5.91 Å². The molecule has 5 aromatic rings. The number of carbonyl (C=O) groups is 1. The van der Waals surface area contributed by atoms with E-state index in [9.17, 15) is 9.18 Å². The molecular weight excluding hydrogens is 451 g/mol. The van der Waals surface area contributed by atoms with Crippen LogP contribution in [0.3, 0.4) is 0 Å². The Bertz CT molecular complexity index is 1510. The van der Waals surface area contributed by atoms with Gasteiger partial charge in [-0.3, -0.25) is 9.20 Å². The van der Waals surface area contributed by atoms with Gasteiger partial charge in [0.25, 0.3) is 0 Å². The van der Waals surface area contributed by atoms with Crippen LogP contribution in [0.15, 0.2) is 73.3 Å². The molecule has 0 atom stereocenters. The minimum atomic E-state index is -0.452. The molecule has 3 aromatic heterocycles. The zero-order chi connectivity index (χ0) is 24.4. The van der Waals surface area contributed by atoms with Gasteiger partial charge >= 0.3 is 0 Å². The van der Waals surface area contributed by atoms with Gasteiger partial charge in [0, 0.05) is 36.2 Å². The van der Waals surface area contributed by atoms with Gasteiger partial charge in [-0.05, 0) is 36.4 Å². The lowest BCUT2D eigenvalue weighted by molar-refractivity contribution is -0.119. The van der Waals surface area contributed by atoms with Crippen molar-refractivity contribution in [3.05, 3.63) is 79.1 Å². The van der Waals surface area contributed by atoms with E-state index in [2.05, 4.69) is 20.4 Å². The van der Waals surface area contributed by atoms with Gasteiger partial charge in [-0.15, -0.1) is 0 Å². The first-order valence-electron chi connectivity index (χ1n) is 10.7. The third kappa shape index (κ3) is 4.34. The average Bonchev–Trinajstić information content (AvgIpc) is 3.52. The number of hydrogen-bond donors (Lipinski definition) is 1. The van der Waals surface area contributed by atoms with Gasteiger partial charge in [-0.2, -0.15) is 5.10 Å². The van der Waals surface area contributed by atoms with E-state index in [0.717, 1.165) is 22.5 Å². The zero-order valence-electron chi connectivity index (χ0n) is 19.0. The molecule has 176 valence electrons. The summed E-state index contributed by atoms with van der Waals surface area (Å²) in [4.78, 5) is 20.7. The topological polar surface area (TPSA) is 95.6 Å². The highest BCUT2D eigenvalue weighted by Gasteiger charge is 2.14. The third-order valence-electron chi connectivity index (χ3n) is 5.43. The first-order valence-corrected chi connectivity index (χ1v) is 10.7. The standard InChI is InChI=1S/C25H21FN6O3/c1-34-14-24(33)30-18-6-3-16(4-7-18)21-12-27-23-10-5-17(13-31(21)23)25-28-15-29-32(25)19-8-9-20(26)22(11-19)35-2/h3-13,15H,14H2,1-2H3,(H,30,33). The quantitative estimate of drug-likeness (QED) is 0.385. The zero-order valence-corrected chi connectivity index (χ0v) is 19.0. The monoisotopic (exact) mass is 472 g/mol. The second-order valence-corrected chi connectivity index (χ2v) is 7.66. The van der Waals surface area contributed by atoms with Crippen LogP contribution < -0.4 is 10.1 Å². The van der Waals surface area contributed by atoms with E-state index in [1.165, 1.54) is 26.6 Å². The van der Waals surface area contributed by atoms with Crippen LogP contribution in [-0.4, -0.2) is 50.9 Å². The summed E-state index contributed by atoms with van der Waals surface area (Å²) in [6.07, 6.45) is 5.15. The molecule has 1 N–H and O–H groups in total. The van der Waals surface area contributed by atoms with Gasteiger partial charge in [-0.1, -0.05) is 12.1 Å². The van der Waals surface area contributed by atoms with Gasteiger partial charge < -0.3 is 14.8 Å². The molecule has 0 spiro atoms. The number of amides is 1. The number of imidazole rings is 1. The second kappa shape index (κ2) is 9.35. The smallest absolute Gasteiger partial charge is 0.250 e. The second-order valence-electron chi connectivity index (χ2n) is 7.66. The number of ether oxygens (including phenoxy) is 2. The Morgan fingerprint density at radius 2 is 1.83 bits per heavy atom. The summed E-state index contributed by atoms with van der Waals surface area (Å²) < 4.78 is 27.4. The van der Waals surface area contributed by atoms with Crippen LogP contribution in [-0.2, 0) is 9.53 Å². The fraction of sp³-hybridized carbons (Fsp3) is 0.120. The average molecular weight is 472 g/mol. The summed E-state index contributed by atoms with van der Waals surface area (Å²) in [5.41, 5.74) is 4.63. The van der Waals surface area contributed by atoms with Crippen molar-refractivity contribution in [2.24, 2.45) is 0 Å². The molecule has 0 radical (unpaired) electrons. The van der Waals surface area contributed by atoms with Crippen molar-refractivity contribution in [1.29, 1.82) is 0 Å². The van der Waals surface area contributed by atoms with Crippen LogP contribution in [0.1, 0.15) is 0 Å². The number of nitrogens with zero attached hydrogens (tertiary/aromatic N) is 5. The molecule has 10 heteroatoms. The molecule has 0 fully saturated rings. The molecule has 2 aromatic carbocycles. The Kier molecular flexibility index (Phi) is 5.94. The Morgan fingerprint density at radius 1 is 1.03 bits per heavy atom. The molecule has 0 unspecified atom stereocenters. The fourth-order valence-electron chi connectivity index (χ4n) is 3.79. The first-order chi connectivity index (χ1) is 17.1. The first kappa shape index (κ1) is 22.2. The van der Waals surface area contributed by atoms with E-state index in [1.807, 2.05) is 47.0 Å². The van der Waals surface area contributed by atoms with Gasteiger partial charge in [-0.25, -0.2) is 19.0 Å². The molecule has 3 heterocycles. The normalized spacial score (nSPS) is 11.1. The molecule has 0 bridgehead atoms. The highest BCUT2D eigenvalue weighted by Crippen LogP contribution is 2.28. The Labute approximate surface area is 199 Å². The molecule has 0 saturated heterocycles. The van der Waals surface area contributed by atoms with Crippen molar-refractivity contribution >= 4 is 17.2 Å². The molecule has 0 aliphatic rings. The number of anilines is 1. The molecule has 9 nitrogen and oxygen atoms in total. The lowest BCUT2D eigenvalue weighted by Crippen LogP contribution is -2.16. The van der Waals surface area contributed by atoms with Gasteiger partial charge in [0.05, 0.1) is 24.7 Å². The summed E-state index contributed by atoms with van der Waals surface area (Å²) >= 11 is 0. The number of fused-ring (bicyclic) bond motifs is 1. The number of hydrogen-bond acceptors (Lipinski definition) is 6. The van der Waals surface area contributed by atoms with Crippen molar-refractivity contribution in [3.8, 4) is 34.1 Å². The fourth-order valence-corrected chi connectivity index (χ4v) is 3.79. The molecular formula is C25H21FN6O3. The van der Waals surface area contributed by atoms with E-state index < -0.39 is 5.82 Å². The Morgan fingerprint density at radius 3 is 2.60 bits per heavy atom. The number of aromatic nitrogens is 5. The highest BCUT2D eigenvalue weighted by atomic mass is 19.1. The number of benzene rings is 2. The maximum absolute atomic E-state index is 13.9.